The molecule has 0 bridgehead atoms. The van der Waals surface area contributed by atoms with Crippen LogP contribution in [0.1, 0.15) is 6.92 Å². The predicted molar refractivity (Wildman–Crippen MR) is 77.1 cm³/mol. The highest BCUT2D eigenvalue weighted by Crippen LogP contribution is 2.28. The Balaban J connectivity index is 2.18. The zero-order valence-corrected chi connectivity index (χ0v) is 13.2. The van der Waals surface area contributed by atoms with Gasteiger partial charge in [-0.25, -0.2) is 0 Å². The molecule has 0 N–H and O–H groups in total. The van der Waals surface area contributed by atoms with Crippen LogP contribution < -0.4 is 4.74 Å². The molecule has 0 saturated heterocycles. The molecule has 0 aromatic carbocycles. The highest BCUT2D eigenvalue weighted by Gasteiger charge is 2.18. The normalized spacial score (nSPS) is 10.7. The molecule has 21 heavy (non-hydrogen) atoms. The molecule has 0 fully saturated rings. The summed E-state index contributed by atoms with van der Waals surface area (Å²) >= 11 is 1.28. The number of nitrogens with zero attached hydrogens (tertiary/aromatic N) is 5. The summed E-state index contributed by atoms with van der Waals surface area (Å²) in [5.41, 5.74) is 0.748. The second-order valence-electron chi connectivity index (χ2n) is 4.18. The van der Waals surface area contributed by atoms with Gasteiger partial charge in [-0.2, -0.15) is 0 Å². The Labute approximate surface area is 126 Å². The van der Waals surface area contributed by atoms with Crippen LogP contribution in [0.4, 0.5) is 0 Å². The van der Waals surface area contributed by atoms with Gasteiger partial charge in [-0.1, -0.05) is 11.8 Å². The van der Waals surface area contributed by atoms with Crippen molar-refractivity contribution < 1.29 is 14.3 Å². The minimum Gasteiger partial charge on any atom is -0.479 e. The number of carbonyl (C=O) groups is 1. The fraction of sp³-hybridized carbons (Fsp3) is 0.500. The lowest BCUT2D eigenvalue weighted by molar-refractivity contribution is -0.139. The number of hydrogen-bond donors (Lipinski definition) is 0. The molecule has 2 rings (SSSR count). The van der Waals surface area contributed by atoms with Crippen LogP contribution in [0.15, 0.2) is 11.4 Å². The Morgan fingerprint density at radius 2 is 2.14 bits per heavy atom. The number of ether oxygens (including phenoxy) is 2. The van der Waals surface area contributed by atoms with Gasteiger partial charge in [0.15, 0.2) is 11.0 Å². The SMILES string of the molecule is CCOC(=O)CSc1nnc(-c2cn(C)nc2OC)n1C. The van der Waals surface area contributed by atoms with Crippen molar-refractivity contribution in [3.63, 3.8) is 0 Å². The van der Waals surface area contributed by atoms with Gasteiger partial charge in [0.2, 0.25) is 5.88 Å². The smallest absolute Gasteiger partial charge is 0.316 e. The van der Waals surface area contributed by atoms with Gasteiger partial charge in [0.25, 0.3) is 0 Å². The Morgan fingerprint density at radius 3 is 2.81 bits per heavy atom. The molecule has 0 radical (unpaired) electrons. The van der Waals surface area contributed by atoms with Crippen LogP contribution in [0.3, 0.4) is 0 Å². The van der Waals surface area contributed by atoms with Gasteiger partial charge in [0.1, 0.15) is 5.56 Å². The lowest BCUT2D eigenvalue weighted by atomic mass is 10.3. The molecule has 0 aliphatic carbocycles. The van der Waals surface area contributed by atoms with Crippen molar-refractivity contribution in [3.05, 3.63) is 6.20 Å². The summed E-state index contributed by atoms with van der Waals surface area (Å²) in [4.78, 5) is 11.4. The molecule has 0 spiro atoms. The van der Waals surface area contributed by atoms with Gasteiger partial charge in [-0.15, -0.1) is 15.3 Å². The zero-order chi connectivity index (χ0) is 15.4. The summed E-state index contributed by atoms with van der Waals surface area (Å²) < 4.78 is 13.5. The van der Waals surface area contributed by atoms with E-state index in [1.807, 2.05) is 13.2 Å². The number of esters is 1. The molecule has 114 valence electrons. The van der Waals surface area contributed by atoms with Gasteiger partial charge >= 0.3 is 5.97 Å². The second-order valence-corrected chi connectivity index (χ2v) is 5.13. The molecule has 2 aromatic heterocycles. The van der Waals surface area contributed by atoms with E-state index in [4.69, 9.17) is 9.47 Å². The monoisotopic (exact) mass is 311 g/mol. The van der Waals surface area contributed by atoms with E-state index < -0.39 is 0 Å². The van der Waals surface area contributed by atoms with Crippen molar-refractivity contribution >= 4 is 17.7 Å². The van der Waals surface area contributed by atoms with Crippen molar-refractivity contribution in [1.29, 1.82) is 0 Å². The number of aromatic nitrogens is 5. The van der Waals surface area contributed by atoms with Crippen LogP contribution in [0.25, 0.3) is 11.4 Å². The topological polar surface area (TPSA) is 84.1 Å². The summed E-state index contributed by atoms with van der Waals surface area (Å²) in [5, 5.41) is 13.0. The third-order valence-electron chi connectivity index (χ3n) is 2.69. The van der Waals surface area contributed by atoms with Gasteiger partial charge < -0.3 is 14.0 Å². The molecule has 2 aromatic rings. The molecular weight excluding hydrogens is 294 g/mol. The number of rotatable bonds is 6. The molecule has 0 unspecified atom stereocenters. The van der Waals surface area contributed by atoms with Gasteiger partial charge in [0.05, 0.1) is 19.5 Å². The summed E-state index contributed by atoms with van der Waals surface area (Å²) in [7, 11) is 5.19. The Morgan fingerprint density at radius 1 is 1.38 bits per heavy atom. The van der Waals surface area contributed by atoms with E-state index in [2.05, 4.69) is 15.3 Å². The van der Waals surface area contributed by atoms with Crippen LogP contribution in [0.5, 0.6) is 5.88 Å². The van der Waals surface area contributed by atoms with Crippen LogP contribution in [-0.2, 0) is 23.6 Å². The number of aryl methyl sites for hydroxylation is 1. The van der Waals surface area contributed by atoms with Crippen LogP contribution in [-0.4, -0.2) is 50.0 Å². The minimum absolute atomic E-state index is 0.198. The van der Waals surface area contributed by atoms with Crippen LogP contribution >= 0.6 is 11.8 Å². The summed E-state index contributed by atoms with van der Waals surface area (Å²) in [6.07, 6.45) is 1.81. The van der Waals surface area contributed by atoms with E-state index in [-0.39, 0.29) is 11.7 Å². The second kappa shape index (κ2) is 6.61. The highest BCUT2D eigenvalue weighted by molar-refractivity contribution is 7.99. The highest BCUT2D eigenvalue weighted by atomic mass is 32.2. The molecule has 0 aliphatic rings. The third-order valence-corrected chi connectivity index (χ3v) is 3.68. The maximum Gasteiger partial charge on any atom is 0.316 e. The lowest BCUT2D eigenvalue weighted by Gasteiger charge is -2.03. The molecule has 0 atom stereocenters. The van der Waals surface area contributed by atoms with Crippen molar-refractivity contribution in [1.82, 2.24) is 24.5 Å². The molecule has 8 nitrogen and oxygen atoms in total. The molecule has 0 aliphatic heterocycles. The van der Waals surface area contributed by atoms with E-state index in [0.717, 1.165) is 5.56 Å². The summed E-state index contributed by atoms with van der Waals surface area (Å²) in [6.45, 7) is 2.15. The van der Waals surface area contributed by atoms with Gasteiger partial charge in [0, 0.05) is 20.3 Å². The Bertz CT molecular complexity index is 637. The molecule has 9 heteroatoms. The molecular formula is C12H17N5O3S. The average molecular weight is 311 g/mol. The van der Waals surface area contributed by atoms with Crippen LogP contribution in [0, 0.1) is 0 Å². The summed E-state index contributed by atoms with van der Waals surface area (Å²) in [6, 6.07) is 0. The van der Waals surface area contributed by atoms with Crippen molar-refractivity contribution in [2.75, 3.05) is 19.5 Å². The van der Waals surface area contributed by atoms with E-state index in [9.17, 15) is 4.79 Å². The maximum atomic E-state index is 11.4. The number of carbonyl (C=O) groups excluding carboxylic acids is 1. The summed E-state index contributed by atoms with van der Waals surface area (Å²) in [5.74, 6) is 1.04. The Hall–Kier alpha value is -2.03. The third kappa shape index (κ3) is 3.35. The first kappa shape index (κ1) is 15.4. The minimum atomic E-state index is -0.272. The predicted octanol–water partition coefficient (Wildman–Crippen LogP) is 0.879. The standard InChI is InChI=1S/C12H17N5O3S/c1-5-20-9(18)7-21-12-14-13-10(17(12)3)8-6-16(2)15-11(8)19-4/h6H,5,7H2,1-4H3. The van der Waals surface area contributed by atoms with E-state index >= 15 is 0 Å². The molecule has 0 amide bonds. The first-order valence-electron chi connectivity index (χ1n) is 6.32. The van der Waals surface area contributed by atoms with Gasteiger partial charge in [-0.3, -0.25) is 9.48 Å². The number of thioether (sulfide) groups is 1. The van der Waals surface area contributed by atoms with Crippen molar-refractivity contribution in [3.8, 4) is 17.3 Å². The van der Waals surface area contributed by atoms with E-state index in [1.54, 1.807) is 30.3 Å². The van der Waals surface area contributed by atoms with Crippen molar-refractivity contribution in [2.24, 2.45) is 14.1 Å². The van der Waals surface area contributed by atoms with Gasteiger partial charge in [-0.05, 0) is 6.92 Å². The fourth-order valence-corrected chi connectivity index (χ4v) is 2.48. The van der Waals surface area contributed by atoms with Crippen molar-refractivity contribution in [2.45, 2.75) is 12.1 Å². The zero-order valence-electron chi connectivity index (χ0n) is 12.4. The Kier molecular flexibility index (Phi) is 4.84. The first-order chi connectivity index (χ1) is 10.1. The fourth-order valence-electron chi connectivity index (χ4n) is 1.77. The maximum absolute atomic E-state index is 11.4. The van der Waals surface area contributed by atoms with Crippen LogP contribution in [0.2, 0.25) is 0 Å². The lowest BCUT2D eigenvalue weighted by Crippen LogP contribution is -2.07. The molecule has 0 saturated carbocycles. The van der Waals surface area contributed by atoms with E-state index in [1.165, 1.54) is 11.8 Å². The number of hydrogen-bond acceptors (Lipinski definition) is 7. The number of methoxy groups -OCH3 is 1. The molecule has 2 heterocycles. The quantitative estimate of drug-likeness (QED) is 0.578. The largest absolute Gasteiger partial charge is 0.479 e. The average Bonchev–Trinajstić information content (AvgIpc) is 2.99. The van der Waals surface area contributed by atoms with E-state index in [0.29, 0.717) is 23.5 Å². The first-order valence-corrected chi connectivity index (χ1v) is 7.31.